The Kier molecular flexibility index (Phi) is 3.86. The van der Waals surface area contributed by atoms with E-state index < -0.39 is 0 Å². The summed E-state index contributed by atoms with van der Waals surface area (Å²) in [5.74, 6) is 0. The minimum absolute atomic E-state index is 0.0353. The highest BCUT2D eigenvalue weighted by Crippen LogP contribution is 2.05. The highest BCUT2D eigenvalue weighted by molar-refractivity contribution is 5.26. The number of pyridine rings is 1. The topological polar surface area (TPSA) is 48.0 Å². The quantitative estimate of drug-likeness (QED) is 0.762. The molecule has 0 aromatic carbocycles. The normalized spacial score (nSPS) is 11.2. The molecular formula is C12H18N2O. The van der Waals surface area contributed by atoms with Crippen molar-refractivity contribution in [2.45, 2.75) is 33.9 Å². The second-order valence-electron chi connectivity index (χ2n) is 3.64. The number of aromatic nitrogens is 1. The van der Waals surface area contributed by atoms with E-state index in [4.69, 9.17) is 5.73 Å². The van der Waals surface area contributed by atoms with Crippen LogP contribution in [0.5, 0.6) is 0 Å². The van der Waals surface area contributed by atoms with Crippen molar-refractivity contribution in [3.63, 3.8) is 0 Å². The second-order valence-corrected chi connectivity index (χ2v) is 3.64. The highest BCUT2D eigenvalue weighted by Gasteiger charge is 2.07. The van der Waals surface area contributed by atoms with Crippen molar-refractivity contribution >= 4 is 0 Å². The Bertz CT molecular complexity index is 430. The largest absolute Gasteiger partial charge is 0.326 e. The monoisotopic (exact) mass is 206 g/mol. The van der Waals surface area contributed by atoms with Crippen LogP contribution in [0.3, 0.4) is 0 Å². The average Bonchev–Trinajstić information content (AvgIpc) is 2.17. The zero-order valence-electron chi connectivity index (χ0n) is 9.58. The molecule has 3 nitrogen and oxygen atoms in total. The number of hydrogen-bond donors (Lipinski definition) is 1. The van der Waals surface area contributed by atoms with Crippen molar-refractivity contribution in [2.75, 3.05) is 0 Å². The van der Waals surface area contributed by atoms with Gasteiger partial charge in [0.1, 0.15) is 0 Å². The van der Waals surface area contributed by atoms with Crippen molar-refractivity contribution in [1.82, 2.24) is 4.57 Å². The van der Waals surface area contributed by atoms with Crippen molar-refractivity contribution in [3.8, 4) is 0 Å². The molecule has 0 saturated heterocycles. The van der Waals surface area contributed by atoms with Gasteiger partial charge in [-0.1, -0.05) is 12.2 Å². The number of nitrogens with zero attached hydrogens (tertiary/aromatic N) is 1. The minimum Gasteiger partial charge on any atom is -0.326 e. The van der Waals surface area contributed by atoms with Crippen molar-refractivity contribution < 1.29 is 0 Å². The van der Waals surface area contributed by atoms with Crippen LogP contribution in [0.25, 0.3) is 0 Å². The highest BCUT2D eigenvalue weighted by atomic mass is 16.1. The van der Waals surface area contributed by atoms with Gasteiger partial charge in [-0.2, -0.15) is 0 Å². The number of allylic oxidation sites excluding steroid dienone is 2. The van der Waals surface area contributed by atoms with E-state index in [1.54, 1.807) is 4.57 Å². The van der Waals surface area contributed by atoms with Crippen molar-refractivity contribution in [1.29, 1.82) is 0 Å². The summed E-state index contributed by atoms with van der Waals surface area (Å²) in [4.78, 5) is 12.0. The molecule has 0 radical (unpaired) electrons. The molecule has 1 aromatic heterocycles. The molecule has 0 fully saturated rings. The van der Waals surface area contributed by atoms with E-state index in [0.717, 1.165) is 11.3 Å². The molecule has 0 amide bonds. The standard InChI is InChI=1S/C12H18N2O/c1-4-5-6-14-10(3)7-9(2)11(8-13)12(14)15/h4-5,7H,6,8,13H2,1-3H3/b5-4+. The Morgan fingerprint density at radius 2 is 2.13 bits per heavy atom. The summed E-state index contributed by atoms with van der Waals surface area (Å²) in [5, 5.41) is 0. The maximum atomic E-state index is 12.0. The van der Waals surface area contributed by atoms with Crippen molar-refractivity contribution in [2.24, 2.45) is 5.73 Å². The first-order chi connectivity index (χ1) is 7.11. The van der Waals surface area contributed by atoms with Crippen LogP contribution in [0.1, 0.15) is 23.7 Å². The molecule has 0 aliphatic carbocycles. The van der Waals surface area contributed by atoms with Crippen LogP contribution >= 0.6 is 0 Å². The summed E-state index contributed by atoms with van der Waals surface area (Å²) in [6.45, 7) is 6.74. The van der Waals surface area contributed by atoms with Crippen LogP contribution in [0, 0.1) is 13.8 Å². The average molecular weight is 206 g/mol. The third-order valence-electron chi connectivity index (χ3n) is 2.56. The van der Waals surface area contributed by atoms with Gasteiger partial charge in [0.25, 0.3) is 5.56 Å². The fourth-order valence-electron chi connectivity index (χ4n) is 1.66. The van der Waals surface area contributed by atoms with E-state index in [-0.39, 0.29) is 5.56 Å². The summed E-state index contributed by atoms with van der Waals surface area (Å²) in [5.41, 5.74) is 8.28. The van der Waals surface area contributed by atoms with Gasteiger partial charge >= 0.3 is 0 Å². The van der Waals surface area contributed by atoms with Crippen LogP contribution in [0.4, 0.5) is 0 Å². The molecular weight excluding hydrogens is 188 g/mol. The predicted molar refractivity (Wildman–Crippen MR) is 62.9 cm³/mol. The summed E-state index contributed by atoms with van der Waals surface area (Å²) in [6, 6.07) is 2.01. The molecule has 1 aromatic rings. The Morgan fingerprint density at radius 3 is 2.67 bits per heavy atom. The van der Waals surface area contributed by atoms with Crippen LogP contribution in [0.15, 0.2) is 23.0 Å². The molecule has 1 rings (SSSR count). The lowest BCUT2D eigenvalue weighted by atomic mass is 10.1. The van der Waals surface area contributed by atoms with Gasteiger partial charge in [-0.25, -0.2) is 0 Å². The van der Waals surface area contributed by atoms with Gasteiger partial charge in [-0.3, -0.25) is 4.79 Å². The zero-order chi connectivity index (χ0) is 11.4. The number of aryl methyl sites for hydroxylation is 2. The SMILES string of the molecule is C/C=C/Cn1c(C)cc(C)c(CN)c1=O. The van der Waals surface area contributed by atoms with E-state index in [1.807, 2.05) is 39.0 Å². The predicted octanol–water partition coefficient (Wildman–Crippen LogP) is 1.50. The summed E-state index contributed by atoms with van der Waals surface area (Å²) in [6.07, 6.45) is 3.90. The van der Waals surface area contributed by atoms with Gasteiger partial charge in [-0.05, 0) is 32.4 Å². The number of rotatable bonds is 3. The smallest absolute Gasteiger partial charge is 0.255 e. The van der Waals surface area contributed by atoms with Gasteiger partial charge in [0, 0.05) is 24.3 Å². The molecule has 2 N–H and O–H groups in total. The number of hydrogen-bond acceptors (Lipinski definition) is 2. The molecule has 0 saturated carbocycles. The minimum atomic E-state index is 0.0353. The first kappa shape index (κ1) is 11.7. The third-order valence-corrected chi connectivity index (χ3v) is 2.56. The van der Waals surface area contributed by atoms with Crippen LogP contribution in [-0.4, -0.2) is 4.57 Å². The first-order valence-electron chi connectivity index (χ1n) is 5.13. The molecule has 1 heterocycles. The summed E-state index contributed by atoms with van der Waals surface area (Å²) >= 11 is 0. The van der Waals surface area contributed by atoms with E-state index >= 15 is 0 Å². The lowest BCUT2D eigenvalue weighted by molar-refractivity contribution is 0.727. The molecule has 15 heavy (non-hydrogen) atoms. The van der Waals surface area contributed by atoms with Gasteiger partial charge < -0.3 is 10.3 Å². The molecule has 0 aliphatic heterocycles. The maximum absolute atomic E-state index is 12.0. The fraction of sp³-hybridized carbons (Fsp3) is 0.417. The Labute approximate surface area is 90.2 Å². The second kappa shape index (κ2) is 4.94. The fourth-order valence-corrected chi connectivity index (χ4v) is 1.66. The van der Waals surface area contributed by atoms with E-state index in [1.165, 1.54) is 0 Å². The Balaban J connectivity index is 3.32. The molecule has 3 heteroatoms. The lowest BCUT2D eigenvalue weighted by Gasteiger charge is -2.11. The Hall–Kier alpha value is -1.35. The first-order valence-corrected chi connectivity index (χ1v) is 5.13. The molecule has 0 spiro atoms. The molecule has 0 bridgehead atoms. The van der Waals surface area contributed by atoms with E-state index in [2.05, 4.69) is 0 Å². The maximum Gasteiger partial charge on any atom is 0.255 e. The van der Waals surface area contributed by atoms with Crippen molar-refractivity contribution in [3.05, 3.63) is 45.4 Å². The number of nitrogens with two attached hydrogens (primary N) is 1. The van der Waals surface area contributed by atoms with Crippen LogP contribution < -0.4 is 11.3 Å². The zero-order valence-corrected chi connectivity index (χ0v) is 9.58. The summed E-state index contributed by atoms with van der Waals surface area (Å²) < 4.78 is 1.75. The third kappa shape index (κ3) is 2.36. The lowest BCUT2D eigenvalue weighted by Crippen LogP contribution is -2.27. The Morgan fingerprint density at radius 1 is 1.47 bits per heavy atom. The van der Waals surface area contributed by atoms with E-state index in [0.29, 0.717) is 18.7 Å². The van der Waals surface area contributed by atoms with Gasteiger partial charge in [0.2, 0.25) is 0 Å². The molecule has 82 valence electrons. The molecule has 0 aliphatic rings. The molecule has 0 atom stereocenters. The molecule has 0 unspecified atom stereocenters. The van der Waals surface area contributed by atoms with Gasteiger partial charge in [-0.15, -0.1) is 0 Å². The van der Waals surface area contributed by atoms with Gasteiger partial charge in [0.15, 0.2) is 0 Å². The van der Waals surface area contributed by atoms with Crippen LogP contribution in [0.2, 0.25) is 0 Å². The summed E-state index contributed by atoms with van der Waals surface area (Å²) in [7, 11) is 0. The van der Waals surface area contributed by atoms with Gasteiger partial charge in [0.05, 0.1) is 0 Å². The van der Waals surface area contributed by atoms with E-state index in [9.17, 15) is 4.79 Å². The van der Waals surface area contributed by atoms with Crippen LogP contribution in [-0.2, 0) is 13.1 Å².